The summed E-state index contributed by atoms with van der Waals surface area (Å²) in [5, 5.41) is 5.70. The number of amides is 4. The average molecular weight is 332 g/mol. The van der Waals surface area contributed by atoms with Crippen LogP contribution in [0.4, 0.5) is 4.79 Å². The number of carbonyl (C=O) groups excluding carboxylic acids is 3. The molecule has 128 valence electrons. The highest BCUT2D eigenvalue weighted by Gasteiger charge is 2.34. The maximum atomic E-state index is 12.7. The number of rotatable bonds is 4. The summed E-state index contributed by atoms with van der Waals surface area (Å²) in [4.78, 5) is 38.6. The number of urea groups is 1. The van der Waals surface area contributed by atoms with Crippen LogP contribution < -0.4 is 15.4 Å². The molecule has 24 heavy (non-hydrogen) atoms. The second-order valence-corrected chi connectivity index (χ2v) is 5.72. The van der Waals surface area contributed by atoms with Crippen molar-refractivity contribution >= 4 is 17.8 Å². The first-order valence-electron chi connectivity index (χ1n) is 7.82. The Labute approximate surface area is 139 Å². The third-order valence-corrected chi connectivity index (χ3v) is 4.29. The Kier molecular flexibility index (Phi) is 4.66. The van der Waals surface area contributed by atoms with Crippen molar-refractivity contribution in [1.29, 1.82) is 0 Å². The van der Waals surface area contributed by atoms with Gasteiger partial charge in [-0.3, -0.25) is 14.5 Å². The normalized spacial score (nSPS) is 21.0. The number of piperazine rings is 1. The molecule has 0 bridgehead atoms. The van der Waals surface area contributed by atoms with Gasteiger partial charge in [0.25, 0.3) is 5.91 Å². The first-order valence-corrected chi connectivity index (χ1v) is 7.82. The summed E-state index contributed by atoms with van der Waals surface area (Å²) < 4.78 is 5.16. The highest BCUT2D eigenvalue weighted by Crippen LogP contribution is 2.24. The molecule has 3 rings (SSSR count). The van der Waals surface area contributed by atoms with Crippen molar-refractivity contribution in [2.24, 2.45) is 0 Å². The van der Waals surface area contributed by atoms with Gasteiger partial charge in [-0.2, -0.15) is 0 Å². The number of carbonyl (C=O) groups is 3. The Morgan fingerprint density at radius 1 is 1.29 bits per heavy atom. The van der Waals surface area contributed by atoms with Gasteiger partial charge in [-0.1, -0.05) is 12.1 Å². The Hall–Kier alpha value is -2.61. The van der Waals surface area contributed by atoms with Crippen molar-refractivity contribution in [2.75, 3.05) is 39.8 Å². The van der Waals surface area contributed by atoms with Crippen LogP contribution in [0, 0.1) is 0 Å². The van der Waals surface area contributed by atoms with E-state index in [1.165, 1.54) is 0 Å². The third-order valence-electron chi connectivity index (χ3n) is 4.29. The van der Waals surface area contributed by atoms with Crippen LogP contribution in [-0.2, 0) is 9.59 Å². The number of nitrogens with zero attached hydrogens (tertiary/aromatic N) is 2. The van der Waals surface area contributed by atoms with Gasteiger partial charge >= 0.3 is 6.03 Å². The van der Waals surface area contributed by atoms with Crippen LogP contribution in [0.1, 0.15) is 11.6 Å². The molecule has 2 fully saturated rings. The topological polar surface area (TPSA) is 91.0 Å². The van der Waals surface area contributed by atoms with Crippen LogP contribution in [0.15, 0.2) is 24.3 Å². The maximum absolute atomic E-state index is 12.7. The van der Waals surface area contributed by atoms with Gasteiger partial charge in [-0.05, 0) is 17.7 Å². The standard InChI is InChI=1S/C16H20N4O4/c1-24-12-4-2-11(3-5-12)13-8-17-6-7-19(13)15(22)10-20-14(21)9-18-16(20)23/h2-5,13,17H,6-10H2,1H3,(H,18,23)/t13-/m0/s1. The first kappa shape index (κ1) is 16.3. The van der Waals surface area contributed by atoms with Crippen molar-refractivity contribution in [3.05, 3.63) is 29.8 Å². The van der Waals surface area contributed by atoms with E-state index in [0.717, 1.165) is 16.2 Å². The molecule has 8 nitrogen and oxygen atoms in total. The molecule has 4 amide bonds. The average Bonchev–Trinajstić information content (AvgIpc) is 2.93. The molecular weight excluding hydrogens is 312 g/mol. The molecule has 0 unspecified atom stereocenters. The molecular formula is C16H20N4O4. The van der Waals surface area contributed by atoms with Gasteiger partial charge in [0.05, 0.1) is 19.7 Å². The fourth-order valence-electron chi connectivity index (χ4n) is 2.97. The number of benzene rings is 1. The van der Waals surface area contributed by atoms with E-state index in [4.69, 9.17) is 4.74 Å². The Balaban J connectivity index is 1.74. The van der Waals surface area contributed by atoms with Gasteiger partial charge in [0.2, 0.25) is 5.91 Å². The van der Waals surface area contributed by atoms with Gasteiger partial charge in [-0.25, -0.2) is 4.79 Å². The second-order valence-electron chi connectivity index (χ2n) is 5.72. The van der Waals surface area contributed by atoms with Crippen LogP contribution in [0.3, 0.4) is 0 Å². The first-order chi connectivity index (χ1) is 11.6. The lowest BCUT2D eigenvalue weighted by atomic mass is 10.0. The second kappa shape index (κ2) is 6.88. The maximum Gasteiger partial charge on any atom is 0.325 e. The quantitative estimate of drug-likeness (QED) is 0.740. The molecule has 2 N–H and O–H groups in total. The lowest BCUT2D eigenvalue weighted by molar-refractivity contribution is -0.139. The Morgan fingerprint density at radius 2 is 2.04 bits per heavy atom. The van der Waals surface area contributed by atoms with Crippen LogP contribution in [0.2, 0.25) is 0 Å². The zero-order chi connectivity index (χ0) is 17.1. The number of hydrogen-bond donors (Lipinski definition) is 2. The zero-order valence-corrected chi connectivity index (χ0v) is 13.4. The van der Waals surface area contributed by atoms with Crippen molar-refractivity contribution in [3.8, 4) is 5.75 Å². The molecule has 2 saturated heterocycles. The number of methoxy groups -OCH3 is 1. The van der Waals surface area contributed by atoms with Gasteiger partial charge in [-0.15, -0.1) is 0 Å². The van der Waals surface area contributed by atoms with E-state index in [1.807, 2.05) is 24.3 Å². The number of nitrogens with one attached hydrogen (secondary N) is 2. The molecule has 2 heterocycles. The van der Waals surface area contributed by atoms with E-state index in [1.54, 1.807) is 12.0 Å². The molecule has 2 aliphatic heterocycles. The minimum atomic E-state index is -0.510. The molecule has 0 radical (unpaired) electrons. The molecule has 1 aromatic rings. The smallest absolute Gasteiger partial charge is 0.325 e. The van der Waals surface area contributed by atoms with E-state index in [2.05, 4.69) is 10.6 Å². The van der Waals surface area contributed by atoms with Gasteiger partial charge < -0.3 is 20.3 Å². The Morgan fingerprint density at radius 3 is 2.67 bits per heavy atom. The number of ether oxygens (including phenoxy) is 1. The molecule has 0 spiro atoms. The molecule has 0 saturated carbocycles. The highest BCUT2D eigenvalue weighted by atomic mass is 16.5. The molecule has 0 aromatic heterocycles. The molecule has 0 aliphatic carbocycles. The summed E-state index contributed by atoms with van der Waals surface area (Å²) in [5.41, 5.74) is 0.980. The van der Waals surface area contributed by atoms with E-state index >= 15 is 0 Å². The molecule has 2 aliphatic rings. The van der Waals surface area contributed by atoms with Crippen LogP contribution in [0.25, 0.3) is 0 Å². The Bertz CT molecular complexity index is 630. The highest BCUT2D eigenvalue weighted by molar-refractivity contribution is 6.04. The van der Waals surface area contributed by atoms with Crippen molar-refractivity contribution < 1.29 is 19.1 Å². The van der Waals surface area contributed by atoms with Crippen molar-refractivity contribution in [1.82, 2.24) is 20.4 Å². The van der Waals surface area contributed by atoms with Crippen LogP contribution in [0.5, 0.6) is 5.75 Å². The molecule has 1 aromatic carbocycles. The van der Waals surface area contributed by atoms with E-state index < -0.39 is 6.03 Å². The lowest BCUT2D eigenvalue weighted by Crippen LogP contribution is -2.52. The fourth-order valence-corrected chi connectivity index (χ4v) is 2.97. The minimum absolute atomic E-state index is 0.0461. The van der Waals surface area contributed by atoms with E-state index in [-0.39, 0.29) is 30.9 Å². The number of imide groups is 1. The van der Waals surface area contributed by atoms with Crippen molar-refractivity contribution in [2.45, 2.75) is 6.04 Å². The number of hydrogen-bond acceptors (Lipinski definition) is 5. The lowest BCUT2D eigenvalue weighted by Gasteiger charge is -2.37. The largest absolute Gasteiger partial charge is 0.497 e. The van der Waals surface area contributed by atoms with Crippen molar-refractivity contribution in [3.63, 3.8) is 0 Å². The summed E-state index contributed by atoms with van der Waals surface area (Å²) in [6.07, 6.45) is 0. The van der Waals surface area contributed by atoms with E-state index in [9.17, 15) is 14.4 Å². The van der Waals surface area contributed by atoms with Gasteiger partial charge in [0.1, 0.15) is 12.3 Å². The fraction of sp³-hybridized carbons (Fsp3) is 0.438. The van der Waals surface area contributed by atoms with Gasteiger partial charge in [0.15, 0.2) is 0 Å². The van der Waals surface area contributed by atoms with Gasteiger partial charge in [0, 0.05) is 19.6 Å². The van der Waals surface area contributed by atoms with E-state index in [0.29, 0.717) is 19.6 Å². The SMILES string of the molecule is COc1ccc([C@@H]2CNCCN2C(=O)CN2C(=O)CNC2=O)cc1. The molecule has 1 atom stereocenters. The monoisotopic (exact) mass is 332 g/mol. The minimum Gasteiger partial charge on any atom is -0.497 e. The summed E-state index contributed by atoms with van der Waals surface area (Å²) >= 11 is 0. The summed E-state index contributed by atoms with van der Waals surface area (Å²) in [7, 11) is 1.60. The third kappa shape index (κ3) is 3.18. The summed E-state index contributed by atoms with van der Waals surface area (Å²) in [5.74, 6) is 0.145. The predicted octanol–water partition coefficient (Wildman–Crippen LogP) is -0.280. The summed E-state index contributed by atoms with van der Waals surface area (Å²) in [6.45, 7) is 1.56. The predicted molar refractivity (Wildman–Crippen MR) is 85.4 cm³/mol. The van der Waals surface area contributed by atoms with Crippen LogP contribution in [-0.4, -0.2) is 67.5 Å². The molecule has 8 heteroatoms. The summed E-state index contributed by atoms with van der Waals surface area (Å²) in [6, 6.07) is 6.89. The van der Waals surface area contributed by atoms with Crippen LogP contribution >= 0.6 is 0 Å². The zero-order valence-electron chi connectivity index (χ0n) is 13.4.